The molecule has 2 aliphatic heterocycles. The van der Waals surface area contributed by atoms with Crippen LogP contribution in [0.25, 0.3) is 10.2 Å². The number of hydrogen-bond acceptors (Lipinski definition) is 6. The average molecular weight is 358 g/mol. The van der Waals surface area contributed by atoms with E-state index in [-0.39, 0.29) is 5.91 Å². The van der Waals surface area contributed by atoms with Crippen molar-refractivity contribution in [2.24, 2.45) is 5.16 Å². The quantitative estimate of drug-likeness (QED) is 0.828. The maximum absolute atomic E-state index is 12.9. The number of carbonyl (C=O) groups excluding carboxylic acids is 1. The molecule has 2 aromatic rings. The van der Waals surface area contributed by atoms with Crippen molar-refractivity contribution in [1.82, 2.24) is 9.88 Å². The molecule has 4 rings (SSSR count). The van der Waals surface area contributed by atoms with Gasteiger partial charge in [0.2, 0.25) is 5.60 Å². The van der Waals surface area contributed by atoms with Crippen LogP contribution in [0.4, 0.5) is 5.13 Å². The summed E-state index contributed by atoms with van der Waals surface area (Å²) >= 11 is 1.72. The van der Waals surface area contributed by atoms with Gasteiger partial charge < -0.3 is 14.6 Å². The molecule has 1 aromatic carbocycles. The first-order chi connectivity index (χ1) is 12.0. The van der Waals surface area contributed by atoms with Crippen molar-refractivity contribution >= 4 is 38.3 Å². The fourth-order valence-corrected chi connectivity index (χ4v) is 4.50. The van der Waals surface area contributed by atoms with Crippen molar-refractivity contribution in [2.45, 2.75) is 32.3 Å². The zero-order valence-corrected chi connectivity index (χ0v) is 15.4. The summed E-state index contributed by atoms with van der Waals surface area (Å²) in [5.74, 6) is 0.0410. The molecule has 0 saturated carbocycles. The van der Waals surface area contributed by atoms with Gasteiger partial charge in [0.1, 0.15) is 0 Å². The monoisotopic (exact) mass is 358 g/mol. The highest BCUT2D eigenvalue weighted by Gasteiger charge is 2.43. The topological polar surface area (TPSA) is 58.0 Å². The number of benzene rings is 1. The number of anilines is 1. The number of nitrogens with zero attached hydrogens (tertiary/aromatic N) is 4. The molecule has 1 fully saturated rings. The second-order valence-electron chi connectivity index (χ2n) is 6.92. The van der Waals surface area contributed by atoms with E-state index in [1.165, 1.54) is 4.70 Å². The zero-order valence-electron chi connectivity index (χ0n) is 14.6. The standard InChI is InChI=1S/C18H22N4O2S/c1-13-12-18(2,24-20-13)16(23)21-8-5-9-22(11-10-21)17-19-14-6-3-4-7-15(14)25-17/h3-4,6-7H,5,8-12H2,1-2H3/t18-/m0/s1. The summed E-state index contributed by atoms with van der Waals surface area (Å²) in [4.78, 5) is 27.3. The zero-order chi connectivity index (χ0) is 17.4. The van der Waals surface area contributed by atoms with E-state index in [1.54, 1.807) is 11.3 Å². The molecule has 0 spiro atoms. The fraction of sp³-hybridized carbons (Fsp3) is 0.500. The Hall–Kier alpha value is -2.15. The Morgan fingerprint density at radius 3 is 2.84 bits per heavy atom. The van der Waals surface area contributed by atoms with Crippen LogP contribution < -0.4 is 4.90 Å². The van der Waals surface area contributed by atoms with Crippen LogP contribution in [0.15, 0.2) is 29.4 Å². The molecule has 132 valence electrons. The number of rotatable bonds is 2. The Labute approximate surface area is 151 Å². The number of amides is 1. The van der Waals surface area contributed by atoms with Crippen molar-refractivity contribution < 1.29 is 9.63 Å². The number of hydrogen-bond donors (Lipinski definition) is 0. The molecular weight excluding hydrogens is 336 g/mol. The molecule has 7 heteroatoms. The maximum Gasteiger partial charge on any atom is 0.269 e. The maximum atomic E-state index is 12.9. The summed E-state index contributed by atoms with van der Waals surface area (Å²) in [6.07, 6.45) is 1.50. The van der Waals surface area contributed by atoms with E-state index in [1.807, 2.05) is 36.9 Å². The van der Waals surface area contributed by atoms with Crippen LogP contribution in [0.5, 0.6) is 0 Å². The first-order valence-electron chi connectivity index (χ1n) is 8.67. The van der Waals surface area contributed by atoms with Crippen LogP contribution in [0.2, 0.25) is 0 Å². The predicted molar refractivity (Wildman–Crippen MR) is 100 cm³/mol. The van der Waals surface area contributed by atoms with Gasteiger partial charge in [-0.15, -0.1) is 0 Å². The molecule has 6 nitrogen and oxygen atoms in total. The van der Waals surface area contributed by atoms with E-state index in [0.717, 1.165) is 42.4 Å². The van der Waals surface area contributed by atoms with Gasteiger partial charge >= 0.3 is 0 Å². The van der Waals surface area contributed by atoms with Crippen LogP contribution in [-0.4, -0.2) is 53.3 Å². The first-order valence-corrected chi connectivity index (χ1v) is 9.48. The number of oxime groups is 1. The minimum Gasteiger partial charge on any atom is -0.379 e. The van der Waals surface area contributed by atoms with Gasteiger partial charge in [0.05, 0.1) is 15.9 Å². The molecule has 0 unspecified atom stereocenters. The number of fused-ring (bicyclic) bond motifs is 1. The summed E-state index contributed by atoms with van der Waals surface area (Å²) < 4.78 is 1.20. The first kappa shape index (κ1) is 16.3. The van der Waals surface area contributed by atoms with E-state index in [0.29, 0.717) is 13.0 Å². The molecule has 0 N–H and O–H groups in total. The highest BCUT2D eigenvalue weighted by atomic mass is 32.1. The molecule has 0 radical (unpaired) electrons. The predicted octanol–water partition coefficient (Wildman–Crippen LogP) is 2.89. The lowest BCUT2D eigenvalue weighted by Crippen LogP contribution is -2.48. The third-order valence-corrected chi connectivity index (χ3v) is 5.88. The van der Waals surface area contributed by atoms with E-state index in [2.05, 4.69) is 16.1 Å². The van der Waals surface area contributed by atoms with Crippen LogP contribution in [0.3, 0.4) is 0 Å². The fourth-order valence-electron chi connectivity index (χ4n) is 3.49. The van der Waals surface area contributed by atoms with Crippen LogP contribution in [0, 0.1) is 0 Å². The molecule has 0 aliphatic carbocycles. The van der Waals surface area contributed by atoms with E-state index >= 15 is 0 Å². The molecule has 1 aromatic heterocycles. The summed E-state index contributed by atoms with van der Waals surface area (Å²) in [7, 11) is 0. The molecule has 2 aliphatic rings. The second-order valence-corrected chi connectivity index (χ2v) is 7.93. The van der Waals surface area contributed by atoms with Gasteiger partial charge in [0, 0.05) is 32.6 Å². The van der Waals surface area contributed by atoms with Crippen LogP contribution >= 0.6 is 11.3 Å². The Morgan fingerprint density at radius 1 is 1.24 bits per heavy atom. The molecule has 3 heterocycles. The molecule has 0 bridgehead atoms. The van der Waals surface area contributed by atoms with Crippen molar-refractivity contribution in [3.63, 3.8) is 0 Å². The van der Waals surface area contributed by atoms with Crippen molar-refractivity contribution in [3.8, 4) is 0 Å². The van der Waals surface area contributed by atoms with Gasteiger partial charge in [-0.05, 0) is 32.4 Å². The third kappa shape index (κ3) is 3.08. The van der Waals surface area contributed by atoms with E-state index in [4.69, 9.17) is 9.82 Å². The minimum absolute atomic E-state index is 0.0410. The van der Waals surface area contributed by atoms with Crippen molar-refractivity contribution in [2.75, 3.05) is 31.1 Å². The van der Waals surface area contributed by atoms with Gasteiger partial charge in [-0.3, -0.25) is 4.79 Å². The molecule has 1 atom stereocenters. The van der Waals surface area contributed by atoms with Crippen LogP contribution in [0.1, 0.15) is 26.7 Å². The highest BCUT2D eigenvalue weighted by molar-refractivity contribution is 7.22. The van der Waals surface area contributed by atoms with E-state index in [9.17, 15) is 4.79 Å². The number of carbonyl (C=O) groups is 1. The molecular formula is C18H22N4O2S. The molecule has 1 amide bonds. The summed E-state index contributed by atoms with van der Waals surface area (Å²) in [6, 6.07) is 8.20. The minimum atomic E-state index is -0.838. The lowest BCUT2D eigenvalue weighted by molar-refractivity contribution is -0.153. The van der Waals surface area contributed by atoms with Crippen molar-refractivity contribution in [1.29, 1.82) is 0 Å². The normalized spacial score (nSPS) is 24.2. The SMILES string of the molecule is CC1=NO[C@](C)(C(=O)N2CCCN(c3nc4ccccc4s3)CC2)C1. The molecule has 1 saturated heterocycles. The second kappa shape index (κ2) is 6.29. The number of para-hydroxylation sites is 1. The lowest BCUT2D eigenvalue weighted by Gasteiger charge is -2.29. The lowest BCUT2D eigenvalue weighted by atomic mass is 9.98. The van der Waals surface area contributed by atoms with Crippen molar-refractivity contribution in [3.05, 3.63) is 24.3 Å². The summed E-state index contributed by atoms with van der Waals surface area (Å²) in [5.41, 5.74) is 1.08. The number of aromatic nitrogens is 1. The van der Waals surface area contributed by atoms with Gasteiger partial charge in [0.25, 0.3) is 5.91 Å². The number of thiazole rings is 1. The van der Waals surface area contributed by atoms with E-state index < -0.39 is 5.60 Å². The highest BCUT2D eigenvalue weighted by Crippen LogP contribution is 2.30. The average Bonchev–Trinajstić information content (AvgIpc) is 3.09. The van der Waals surface area contributed by atoms with Crippen LogP contribution in [-0.2, 0) is 9.63 Å². The van der Waals surface area contributed by atoms with Gasteiger partial charge in [-0.25, -0.2) is 4.98 Å². The summed E-state index contributed by atoms with van der Waals surface area (Å²) in [6.45, 7) is 6.88. The third-order valence-electron chi connectivity index (χ3n) is 4.78. The Balaban J connectivity index is 1.46. The van der Waals surface area contributed by atoms with Gasteiger partial charge in [-0.2, -0.15) is 0 Å². The Morgan fingerprint density at radius 2 is 2.08 bits per heavy atom. The largest absolute Gasteiger partial charge is 0.379 e. The van der Waals surface area contributed by atoms with Gasteiger partial charge in [0.15, 0.2) is 5.13 Å². The summed E-state index contributed by atoms with van der Waals surface area (Å²) in [5, 5.41) is 5.01. The smallest absolute Gasteiger partial charge is 0.269 e. The Bertz CT molecular complexity index is 800. The Kier molecular flexibility index (Phi) is 4.11. The molecule has 25 heavy (non-hydrogen) atoms. The van der Waals surface area contributed by atoms with Gasteiger partial charge in [-0.1, -0.05) is 28.6 Å².